The quantitative estimate of drug-likeness (QED) is 0.660. The molecule has 17 heavy (non-hydrogen) atoms. The summed E-state index contributed by atoms with van der Waals surface area (Å²) < 4.78 is 0. The predicted molar refractivity (Wildman–Crippen MR) is 74.7 cm³/mol. The van der Waals surface area contributed by atoms with E-state index >= 15 is 0 Å². The molecule has 4 heteroatoms. The van der Waals surface area contributed by atoms with Gasteiger partial charge in [-0.15, -0.1) is 11.3 Å². The number of likely N-dealkylation sites (tertiary alicyclic amines) is 1. The van der Waals surface area contributed by atoms with E-state index in [1.165, 1.54) is 22.6 Å². The fourth-order valence-electron chi connectivity index (χ4n) is 2.08. The van der Waals surface area contributed by atoms with Crippen molar-refractivity contribution in [2.24, 2.45) is 4.99 Å². The molecule has 1 N–H and O–H groups in total. The molecule has 0 bridgehead atoms. The summed E-state index contributed by atoms with van der Waals surface area (Å²) in [4.78, 5) is 9.79. The molecule has 1 saturated heterocycles. The molecule has 2 heterocycles. The smallest absolute Gasteiger partial charge is 0.194 e. The van der Waals surface area contributed by atoms with Gasteiger partial charge < -0.3 is 10.2 Å². The molecule has 94 valence electrons. The maximum Gasteiger partial charge on any atom is 0.194 e. The lowest BCUT2D eigenvalue weighted by Gasteiger charge is -2.20. The Morgan fingerprint density at radius 3 is 2.76 bits per heavy atom. The van der Waals surface area contributed by atoms with E-state index in [4.69, 9.17) is 4.99 Å². The van der Waals surface area contributed by atoms with E-state index in [-0.39, 0.29) is 0 Å². The Kier molecular flexibility index (Phi) is 4.42. The molecule has 0 radical (unpaired) electrons. The second-order valence-electron chi connectivity index (χ2n) is 4.38. The van der Waals surface area contributed by atoms with Crippen LogP contribution in [0.25, 0.3) is 0 Å². The first-order valence-electron chi connectivity index (χ1n) is 6.38. The van der Waals surface area contributed by atoms with Crippen LogP contribution in [0.1, 0.15) is 29.5 Å². The number of guanidine groups is 1. The van der Waals surface area contributed by atoms with Crippen LogP contribution in [0.15, 0.2) is 17.1 Å². The van der Waals surface area contributed by atoms with Crippen LogP contribution < -0.4 is 5.32 Å². The standard InChI is InChI=1S/C13H21N3S/c1-3-14-13(16-8-4-5-9-16)15-10-12-7-6-11(2)17-12/h6-7H,3-5,8-10H2,1-2H3,(H,14,15). The topological polar surface area (TPSA) is 27.6 Å². The number of aliphatic imine (C=N–C) groups is 1. The van der Waals surface area contributed by atoms with Gasteiger partial charge in [0, 0.05) is 29.4 Å². The van der Waals surface area contributed by atoms with Crippen LogP contribution in [-0.4, -0.2) is 30.5 Å². The van der Waals surface area contributed by atoms with E-state index in [2.05, 4.69) is 36.2 Å². The highest BCUT2D eigenvalue weighted by Gasteiger charge is 2.15. The summed E-state index contributed by atoms with van der Waals surface area (Å²) in [5.41, 5.74) is 0. The molecule has 1 aliphatic heterocycles. The van der Waals surface area contributed by atoms with Gasteiger partial charge in [0.15, 0.2) is 5.96 Å². The fraction of sp³-hybridized carbons (Fsp3) is 0.615. The summed E-state index contributed by atoms with van der Waals surface area (Å²) in [6.07, 6.45) is 2.59. The minimum atomic E-state index is 0.803. The van der Waals surface area contributed by atoms with E-state index in [9.17, 15) is 0 Å². The first kappa shape index (κ1) is 12.4. The van der Waals surface area contributed by atoms with Gasteiger partial charge in [-0.25, -0.2) is 4.99 Å². The van der Waals surface area contributed by atoms with Crippen molar-refractivity contribution in [3.8, 4) is 0 Å². The number of hydrogen-bond donors (Lipinski definition) is 1. The van der Waals surface area contributed by atoms with Gasteiger partial charge in [0.1, 0.15) is 0 Å². The third kappa shape index (κ3) is 3.46. The van der Waals surface area contributed by atoms with Gasteiger partial charge in [-0.1, -0.05) is 0 Å². The van der Waals surface area contributed by atoms with Gasteiger partial charge in [-0.2, -0.15) is 0 Å². The minimum absolute atomic E-state index is 0.803. The van der Waals surface area contributed by atoms with Crippen LogP contribution in [0.3, 0.4) is 0 Å². The Morgan fingerprint density at radius 2 is 2.18 bits per heavy atom. The molecule has 0 unspecified atom stereocenters. The first-order chi connectivity index (χ1) is 8.29. The zero-order chi connectivity index (χ0) is 12.1. The number of nitrogens with zero attached hydrogens (tertiary/aromatic N) is 2. The molecule has 1 fully saturated rings. The van der Waals surface area contributed by atoms with E-state index in [1.807, 2.05) is 11.3 Å². The fourth-order valence-corrected chi connectivity index (χ4v) is 2.89. The van der Waals surface area contributed by atoms with Crippen molar-refractivity contribution in [3.63, 3.8) is 0 Å². The van der Waals surface area contributed by atoms with E-state index < -0.39 is 0 Å². The number of hydrogen-bond acceptors (Lipinski definition) is 2. The largest absolute Gasteiger partial charge is 0.357 e. The second-order valence-corrected chi connectivity index (χ2v) is 5.75. The average molecular weight is 251 g/mol. The highest BCUT2D eigenvalue weighted by Crippen LogP contribution is 2.16. The van der Waals surface area contributed by atoms with Crippen LogP contribution in [0.2, 0.25) is 0 Å². The lowest BCUT2D eigenvalue weighted by Crippen LogP contribution is -2.39. The average Bonchev–Trinajstić information content (AvgIpc) is 2.95. The molecule has 0 aromatic carbocycles. The molecule has 0 spiro atoms. The van der Waals surface area contributed by atoms with Crippen LogP contribution in [0, 0.1) is 6.92 Å². The van der Waals surface area contributed by atoms with Crippen molar-refractivity contribution in [2.75, 3.05) is 19.6 Å². The maximum atomic E-state index is 4.72. The van der Waals surface area contributed by atoms with Crippen LogP contribution in [-0.2, 0) is 6.54 Å². The molecule has 2 rings (SSSR count). The van der Waals surface area contributed by atoms with Crippen molar-refractivity contribution in [2.45, 2.75) is 33.2 Å². The molecular formula is C13H21N3S. The van der Waals surface area contributed by atoms with Crippen molar-refractivity contribution < 1.29 is 0 Å². The highest BCUT2D eigenvalue weighted by atomic mass is 32.1. The van der Waals surface area contributed by atoms with Gasteiger partial charge in [0.2, 0.25) is 0 Å². The van der Waals surface area contributed by atoms with Gasteiger partial charge in [-0.3, -0.25) is 0 Å². The molecule has 1 aromatic heterocycles. The first-order valence-corrected chi connectivity index (χ1v) is 7.20. The summed E-state index contributed by atoms with van der Waals surface area (Å²) in [5, 5.41) is 3.38. The number of aryl methyl sites for hydroxylation is 1. The second kappa shape index (κ2) is 6.05. The van der Waals surface area contributed by atoms with E-state index in [1.54, 1.807) is 0 Å². The summed E-state index contributed by atoms with van der Waals surface area (Å²) >= 11 is 1.84. The van der Waals surface area contributed by atoms with Crippen LogP contribution >= 0.6 is 11.3 Å². The molecule has 0 aliphatic carbocycles. The number of rotatable bonds is 3. The third-order valence-corrected chi connectivity index (χ3v) is 3.91. The van der Waals surface area contributed by atoms with Crippen molar-refractivity contribution in [3.05, 3.63) is 21.9 Å². The Bertz CT molecular complexity index is 378. The SMILES string of the molecule is CCNC(=NCc1ccc(C)s1)N1CCCC1. The zero-order valence-electron chi connectivity index (χ0n) is 10.7. The van der Waals surface area contributed by atoms with E-state index in [0.29, 0.717) is 0 Å². The molecule has 0 amide bonds. The van der Waals surface area contributed by atoms with Gasteiger partial charge >= 0.3 is 0 Å². The lowest BCUT2D eigenvalue weighted by molar-refractivity contribution is 0.494. The molecule has 0 atom stereocenters. The van der Waals surface area contributed by atoms with Gasteiger partial charge in [-0.05, 0) is 38.8 Å². The molecular weight excluding hydrogens is 230 g/mol. The predicted octanol–water partition coefficient (Wildman–Crippen LogP) is 2.62. The zero-order valence-corrected chi connectivity index (χ0v) is 11.5. The van der Waals surface area contributed by atoms with Crippen molar-refractivity contribution in [1.29, 1.82) is 0 Å². The van der Waals surface area contributed by atoms with Crippen molar-refractivity contribution >= 4 is 17.3 Å². The van der Waals surface area contributed by atoms with Gasteiger partial charge in [0.05, 0.1) is 6.54 Å². The Balaban J connectivity index is 1.99. The molecule has 1 aliphatic rings. The van der Waals surface area contributed by atoms with Crippen molar-refractivity contribution in [1.82, 2.24) is 10.2 Å². The number of thiophene rings is 1. The monoisotopic (exact) mass is 251 g/mol. The highest BCUT2D eigenvalue weighted by molar-refractivity contribution is 7.11. The summed E-state index contributed by atoms with van der Waals surface area (Å²) in [6, 6.07) is 4.34. The number of nitrogens with one attached hydrogen (secondary N) is 1. The Labute approximate surface area is 108 Å². The summed E-state index contributed by atoms with van der Waals surface area (Å²) in [7, 11) is 0. The summed E-state index contributed by atoms with van der Waals surface area (Å²) in [6.45, 7) is 8.31. The maximum absolute atomic E-state index is 4.72. The van der Waals surface area contributed by atoms with Gasteiger partial charge in [0.25, 0.3) is 0 Å². The van der Waals surface area contributed by atoms with E-state index in [0.717, 1.165) is 32.1 Å². The molecule has 3 nitrogen and oxygen atoms in total. The molecule has 0 saturated carbocycles. The Hall–Kier alpha value is -1.03. The van der Waals surface area contributed by atoms with Crippen LogP contribution in [0.5, 0.6) is 0 Å². The Morgan fingerprint density at radius 1 is 1.41 bits per heavy atom. The lowest BCUT2D eigenvalue weighted by atomic mass is 10.4. The molecule has 1 aromatic rings. The minimum Gasteiger partial charge on any atom is -0.357 e. The normalized spacial score (nSPS) is 16.6. The van der Waals surface area contributed by atoms with Crippen LogP contribution in [0.4, 0.5) is 0 Å². The third-order valence-electron chi connectivity index (χ3n) is 2.92. The summed E-state index contributed by atoms with van der Waals surface area (Å²) in [5.74, 6) is 1.08.